The van der Waals surface area contributed by atoms with Crippen molar-refractivity contribution < 1.29 is 0 Å². The molecule has 4 rings (SSSR count). The molecule has 0 aliphatic heterocycles. The highest BCUT2D eigenvalue weighted by Crippen LogP contribution is 2.28. The van der Waals surface area contributed by atoms with E-state index in [-0.39, 0.29) is 0 Å². The minimum absolute atomic E-state index is 0.845. The lowest BCUT2D eigenvalue weighted by Gasteiger charge is -2.09. The summed E-state index contributed by atoms with van der Waals surface area (Å²) in [4.78, 5) is 4.89. The Hall–Kier alpha value is -2.52. The number of benzene rings is 3. The van der Waals surface area contributed by atoms with Crippen LogP contribution in [0.2, 0.25) is 0 Å². The number of hydrogen-bond acceptors (Lipinski definition) is 2. The van der Waals surface area contributed by atoms with E-state index >= 15 is 0 Å². The van der Waals surface area contributed by atoms with Crippen molar-refractivity contribution in [3.8, 4) is 0 Å². The zero-order valence-electron chi connectivity index (χ0n) is 14.2. The minimum atomic E-state index is 0.845. The van der Waals surface area contributed by atoms with Crippen LogP contribution in [0.25, 0.3) is 11.0 Å². The number of aryl methyl sites for hydroxylation is 1. The van der Waals surface area contributed by atoms with E-state index in [4.69, 9.17) is 4.98 Å². The molecule has 0 saturated carbocycles. The van der Waals surface area contributed by atoms with Crippen LogP contribution in [0.3, 0.4) is 0 Å². The average Bonchev–Trinajstić information content (AvgIpc) is 2.99. The quantitative estimate of drug-likeness (QED) is 0.433. The normalized spacial score (nSPS) is 11.1. The summed E-state index contributed by atoms with van der Waals surface area (Å²) in [5.74, 6) is 0.929. The van der Waals surface area contributed by atoms with Crippen molar-refractivity contribution in [1.29, 1.82) is 0 Å². The third-order valence-corrected chi connectivity index (χ3v) is 5.31. The first kappa shape index (κ1) is 16.0. The molecule has 0 bridgehead atoms. The van der Waals surface area contributed by atoms with E-state index in [1.165, 1.54) is 22.2 Å². The van der Waals surface area contributed by atoms with Gasteiger partial charge in [0, 0.05) is 5.75 Å². The van der Waals surface area contributed by atoms with Crippen LogP contribution in [0.1, 0.15) is 16.7 Å². The number of fused-ring (bicyclic) bond motifs is 1. The summed E-state index contributed by atoms with van der Waals surface area (Å²) in [6.07, 6.45) is 0. The monoisotopic (exact) mass is 344 g/mol. The summed E-state index contributed by atoms with van der Waals surface area (Å²) < 4.78 is 2.34. The Morgan fingerprint density at radius 1 is 0.840 bits per heavy atom. The second-order valence-electron chi connectivity index (χ2n) is 6.23. The van der Waals surface area contributed by atoms with Gasteiger partial charge in [0.1, 0.15) is 0 Å². The predicted octanol–water partition coefficient (Wildman–Crippen LogP) is 5.69. The van der Waals surface area contributed by atoms with Crippen molar-refractivity contribution in [3.63, 3.8) is 0 Å². The fraction of sp³-hybridized carbons (Fsp3) is 0.136. The lowest BCUT2D eigenvalue weighted by atomic mass is 10.2. The Kier molecular flexibility index (Phi) is 4.57. The number of rotatable bonds is 5. The molecule has 0 unspecified atom stereocenters. The molecule has 0 saturated heterocycles. The topological polar surface area (TPSA) is 17.8 Å². The van der Waals surface area contributed by atoms with E-state index in [0.29, 0.717) is 0 Å². The standard InChI is InChI=1S/C22H20N2S/c1-17-12-13-20-21(14-17)24(15-18-8-4-2-5-9-18)22(23-20)25-16-19-10-6-3-7-11-19/h2-14H,15-16H2,1H3. The summed E-state index contributed by atoms with van der Waals surface area (Å²) in [6.45, 7) is 2.98. The van der Waals surface area contributed by atoms with Gasteiger partial charge in [0.05, 0.1) is 17.6 Å². The average molecular weight is 344 g/mol. The molecule has 2 nitrogen and oxygen atoms in total. The molecule has 0 spiro atoms. The Bertz CT molecular complexity index is 975. The molecule has 3 heteroatoms. The van der Waals surface area contributed by atoms with Crippen LogP contribution in [-0.4, -0.2) is 9.55 Å². The Morgan fingerprint density at radius 3 is 2.24 bits per heavy atom. The maximum absolute atomic E-state index is 4.89. The first-order chi connectivity index (χ1) is 12.3. The van der Waals surface area contributed by atoms with Crippen LogP contribution >= 0.6 is 11.8 Å². The first-order valence-electron chi connectivity index (χ1n) is 8.47. The highest BCUT2D eigenvalue weighted by atomic mass is 32.2. The number of nitrogens with zero attached hydrogens (tertiary/aromatic N) is 2. The number of thioether (sulfide) groups is 1. The summed E-state index contributed by atoms with van der Waals surface area (Å²) >= 11 is 1.80. The van der Waals surface area contributed by atoms with Gasteiger partial charge in [0.2, 0.25) is 0 Å². The fourth-order valence-corrected chi connectivity index (χ4v) is 3.93. The predicted molar refractivity (Wildman–Crippen MR) is 106 cm³/mol. The zero-order chi connectivity index (χ0) is 17.1. The SMILES string of the molecule is Cc1ccc2nc(SCc3ccccc3)n(Cc3ccccc3)c2c1. The van der Waals surface area contributed by atoms with Crippen LogP contribution < -0.4 is 0 Å². The van der Waals surface area contributed by atoms with Gasteiger partial charge in [-0.15, -0.1) is 0 Å². The molecule has 3 aromatic carbocycles. The van der Waals surface area contributed by atoms with Gasteiger partial charge in [0.15, 0.2) is 5.16 Å². The van der Waals surface area contributed by atoms with Crippen molar-refractivity contribution >= 4 is 22.8 Å². The van der Waals surface area contributed by atoms with Crippen LogP contribution in [0, 0.1) is 6.92 Å². The summed E-state index contributed by atoms with van der Waals surface area (Å²) in [5.41, 5.74) is 6.16. The maximum atomic E-state index is 4.89. The fourth-order valence-electron chi connectivity index (χ4n) is 2.96. The van der Waals surface area contributed by atoms with Crippen molar-refractivity contribution in [2.75, 3.05) is 0 Å². The van der Waals surface area contributed by atoms with Crippen molar-refractivity contribution in [2.45, 2.75) is 24.4 Å². The number of imidazole rings is 1. The van der Waals surface area contributed by atoms with E-state index < -0.39 is 0 Å². The summed E-state index contributed by atoms with van der Waals surface area (Å²) in [7, 11) is 0. The molecule has 0 aliphatic rings. The van der Waals surface area contributed by atoms with Gasteiger partial charge in [-0.2, -0.15) is 0 Å². The second-order valence-corrected chi connectivity index (χ2v) is 7.18. The van der Waals surface area contributed by atoms with Crippen molar-refractivity contribution in [2.24, 2.45) is 0 Å². The van der Waals surface area contributed by atoms with Gasteiger partial charge in [-0.1, -0.05) is 78.5 Å². The van der Waals surface area contributed by atoms with E-state index in [0.717, 1.165) is 23.0 Å². The molecular formula is C22H20N2S. The van der Waals surface area contributed by atoms with Gasteiger partial charge < -0.3 is 4.57 Å². The van der Waals surface area contributed by atoms with E-state index in [9.17, 15) is 0 Å². The Labute approximate surface area is 152 Å². The second kappa shape index (κ2) is 7.16. The zero-order valence-corrected chi connectivity index (χ0v) is 15.0. The molecule has 124 valence electrons. The minimum Gasteiger partial charge on any atom is -0.314 e. The number of hydrogen-bond donors (Lipinski definition) is 0. The Morgan fingerprint density at radius 2 is 1.52 bits per heavy atom. The molecule has 0 atom stereocenters. The number of aromatic nitrogens is 2. The van der Waals surface area contributed by atoms with Gasteiger partial charge in [-0.25, -0.2) is 4.98 Å². The lowest BCUT2D eigenvalue weighted by molar-refractivity contribution is 0.731. The summed E-state index contributed by atoms with van der Waals surface area (Å²) in [6, 6.07) is 27.7. The van der Waals surface area contributed by atoms with E-state index in [1.54, 1.807) is 11.8 Å². The van der Waals surface area contributed by atoms with Crippen molar-refractivity contribution in [1.82, 2.24) is 9.55 Å². The van der Waals surface area contributed by atoms with Gasteiger partial charge in [-0.3, -0.25) is 0 Å². The van der Waals surface area contributed by atoms with Crippen LogP contribution in [0.5, 0.6) is 0 Å². The van der Waals surface area contributed by atoms with Crippen LogP contribution in [0.4, 0.5) is 0 Å². The molecule has 0 aliphatic carbocycles. The largest absolute Gasteiger partial charge is 0.314 e. The lowest BCUT2D eigenvalue weighted by Crippen LogP contribution is -2.01. The van der Waals surface area contributed by atoms with E-state index in [1.807, 2.05) is 0 Å². The molecule has 0 N–H and O–H groups in total. The summed E-state index contributed by atoms with van der Waals surface area (Å²) in [5, 5.41) is 1.08. The highest BCUT2D eigenvalue weighted by molar-refractivity contribution is 7.98. The van der Waals surface area contributed by atoms with Gasteiger partial charge in [0.25, 0.3) is 0 Å². The smallest absolute Gasteiger partial charge is 0.169 e. The Balaban J connectivity index is 1.70. The molecule has 0 amide bonds. The molecule has 25 heavy (non-hydrogen) atoms. The molecule has 0 fully saturated rings. The third-order valence-electron chi connectivity index (χ3n) is 4.26. The first-order valence-corrected chi connectivity index (χ1v) is 9.46. The third kappa shape index (κ3) is 3.62. The van der Waals surface area contributed by atoms with Crippen LogP contribution in [-0.2, 0) is 12.3 Å². The van der Waals surface area contributed by atoms with E-state index in [2.05, 4.69) is 90.4 Å². The maximum Gasteiger partial charge on any atom is 0.169 e. The van der Waals surface area contributed by atoms with Crippen LogP contribution in [0.15, 0.2) is 84.0 Å². The molecule has 1 heterocycles. The molecule has 4 aromatic rings. The van der Waals surface area contributed by atoms with Crippen molar-refractivity contribution in [3.05, 3.63) is 95.6 Å². The highest BCUT2D eigenvalue weighted by Gasteiger charge is 2.12. The molecular weight excluding hydrogens is 324 g/mol. The molecule has 0 radical (unpaired) electrons. The van der Waals surface area contributed by atoms with Gasteiger partial charge in [-0.05, 0) is 35.7 Å². The van der Waals surface area contributed by atoms with Gasteiger partial charge >= 0.3 is 0 Å². The molecule has 1 aromatic heterocycles.